The van der Waals surface area contributed by atoms with E-state index in [-0.39, 0.29) is 11.3 Å². The number of benzene rings is 1. The van der Waals surface area contributed by atoms with Crippen LogP contribution in [0.25, 0.3) is 5.69 Å². The van der Waals surface area contributed by atoms with Crippen molar-refractivity contribution in [2.24, 2.45) is 0 Å². The van der Waals surface area contributed by atoms with Gasteiger partial charge in [-0.2, -0.15) is 23.5 Å². The molecule has 0 aliphatic heterocycles. The first-order valence-corrected chi connectivity index (χ1v) is 7.56. The Morgan fingerprint density at radius 1 is 1.24 bits per heavy atom. The molecule has 0 aliphatic carbocycles. The van der Waals surface area contributed by atoms with Crippen LogP contribution in [0.1, 0.15) is 11.1 Å². The summed E-state index contributed by atoms with van der Waals surface area (Å²) in [5, 5.41) is 11.9. The Morgan fingerprint density at radius 2 is 1.81 bits per heavy atom. The van der Waals surface area contributed by atoms with Gasteiger partial charge in [0, 0.05) is 10.7 Å². The van der Waals surface area contributed by atoms with E-state index in [4.69, 9.17) is 15.9 Å². The Morgan fingerprint density at radius 3 is 2.24 bits per heavy atom. The number of rotatable bonds is 2. The average molecular weight is 336 g/mol. The number of nitrogens with zero attached hydrogens (tertiary/aromatic N) is 3. The van der Waals surface area contributed by atoms with Gasteiger partial charge in [0.2, 0.25) is 0 Å². The second-order valence-electron chi connectivity index (χ2n) is 3.87. The molecule has 110 valence electrons. The van der Waals surface area contributed by atoms with Gasteiger partial charge < -0.3 is 0 Å². The summed E-state index contributed by atoms with van der Waals surface area (Å²) >= 11 is 0. The molecule has 0 radical (unpaired) electrons. The molecule has 0 amide bonds. The van der Waals surface area contributed by atoms with Gasteiger partial charge >= 0.3 is 6.18 Å². The maximum Gasteiger partial charge on any atom is 0.416 e. The van der Waals surface area contributed by atoms with E-state index in [9.17, 15) is 21.6 Å². The van der Waals surface area contributed by atoms with Crippen LogP contribution in [0, 0.1) is 11.3 Å². The summed E-state index contributed by atoms with van der Waals surface area (Å²) in [6.07, 6.45) is -3.55. The summed E-state index contributed by atoms with van der Waals surface area (Å²) in [7, 11) is 0.931. The second-order valence-corrected chi connectivity index (χ2v) is 6.35. The molecule has 0 unspecified atom stereocenters. The third-order valence-corrected chi connectivity index (χ3v) is 3.81. The zero-order valence-corrected chi connectivity index (χ0v) is 11.5. The summed E-state index contributed by atoms with van der Waals surface area (Å²) in [6, 6.07) is 5.20. The Hall–Kier alpha value is -2.05. The minimum Gasteiger partial charge on any atom is -0.220 e. The molecule has 0 spiro atoms. The predicted molar refractivity (Wildman–Crippen MR) is 66.3 cm³/mol. The highest BCUT2D eigenvalue weighted by Gasteiger charge is 2.30. The van der Waals surface area contributed by atoms with E-state index in [0.29, 0.717) is 0 Å². The molecule has 1 heterocycles. The number of aromatic nitrogens is 2. The first kappa shape index (κ1) is 15.3. The lowest BCUT2D eigenvalue weighted by Gasteiger charge is -2.09. The normalized spacial score (nSPS) is 12.1. The number of hydrogen-bond acceptors (Lipinski definition) is 4. The first-order valence-electron chi connectivity index (χ1n) is 5.25. The fraction of sp³-hybridized carbons (Fsp3) is 0.0909. The second kappa shape index (κ2) is 5.05. The zero-order chi connectivity index (χ0) is 15.8. The van der Waals surface area contributed by atoms with Crippen molar-refractivity contribution in [2.45, 2.75) is 11.2 Å². The number of hydrogen-bond donors (Lipinski definition) is 0. The van der Waals surface area contributed by atoms with Crippen molar-refractivity contribution in [1.29, 1.82) is 5.26 Å². The molecule has 10 heteroatoms. The Bertz CT molecular complexity index is 820. The van der Waals surface area contributed by atoms with E-state index >= 15 is 0 Å². The number of alkyl halides is 3. The van der Waals surface area contributed by atoms with E-state index in [2.05, 4.69) is 5.10 Å². The molecule has 0 saturated heterocycles. The van der Waals surface area contributed by atoms with E-state index < -0.39 is 25.8 Å². The largest absolute Gasteiger partial charge is 0.416 e. The highest BCUT2D eigenvalue weighted by molar-refractivity contribution is 8.13. The highest BCUT2D eigenvalue weighted by atomic mass is 35.7. The van der Waals surface area contributed by atoms with Crippen LogP contribution in [0.2, 0.25) is 0 Å². The fourth-order valence-corrected chi connectivity index (χ4v) is 2.79. The summed E-state index contributed by atoms with van der Waals surface area (Å²) in [4.78, 5) is 0. The predicted octanol–water partition coefficient (Wildman–Crippen LogP) is 2.69. The van der Waals surface area contributed by atoms with E-state index in [1.165, 1.54) is 0 Å². The number of halogens is 4. The maximum atomic E-state index is 12.5. The lowest BCUT2D eigenvalue weighted by Crippen LogP contribution is -2.08. The van der Waals surface area contributed by atoms with Crippen molar-refractivity contribution >= 4 is 19.7 Å². The van der Waals surface area contributed by atoms with Crippen molar-refractivity contribution in [1.82, 2.24) is 9.78 Å². The Kier molecular flexibility index (Phi) is 3.69. The molecule has 0 bridgehead atoms. The third kappa shape index (κ3) is 3.01. The van der Waals surface area contributed by atoms with Crippen LogP contribution in [0.3, 0.4) is 0 Å². The van der Waals surface area contributed by atoms with Gasteiger partial charge in [-0.15, -0.1) is 0 Å². The topological polar surface area (TPSA) is 75.8 Å². The third-order valence-electron chi connectivity index (χ3n) is 2.52. The van der Waals surface area contributed by atoms with Gasteiger partial charge in [0.15, 0.2) is 5.03 Å². The standard InChI is InChI=1S/C11H5ClF3N3O2S/c12-21(19,20)10-7(5-16)6-17-18(10)9-3-1-8(2-4-9)11(13,14)15/h1-4,6H. The van der Waals surface area contributed by atoms with Gasteiger partial charge in [0.1, 0.15) is 11.6 Å². The minimum absolute atomic E-state index is 0.0312. The van der Waals surface area contributed by atoms with Crippen LogP contribution in [0.15, 0.2) is 35.5 Å². The maximum absolute atomic E-state index is 12.5. The first-order chi connectivity index (χ1) is 9.64. The molecule has 1 aromatic carbocycles. The van der Waals surface area contributed by atoms with Crippen molar-refractivity contribution in [2.75, 3.05) is 0 Å². The summed E-state index contributed by atoms with van der Waals surface area (Å²) in [6.45, 7) is 0. The SMILES string of the molecule is N#Cc1cnn(-c2ccc(C(F)(F)F)cc2)c1S(=O)(=O)Cl. The van der Waals surface area contributed by atoms with Crippen LogP contribution in [0.4, 0.5) is 13.2 Å². The monoisotopic (exact) mass is 335 g/mol. The van der Waals surface area contributed by atoms with E-state index in [1.54, 1.807) is 6.07 Å². The van der Waals surface area contributed by atoms with Gasteiger partial charge in [-0.25, -0.2) is 13.1 Å². The van der Waals surface area contributed by atoms with E-state index in [1.807, 2.05) is 0 Å². The van der Waals surface area contributed by atoms with Crippen LogP contribution < -0.4 is 0 Å². The summed E-state index contributed by atoms with van der Waals surface area (Å²) < 4.78 is 61.1. The Balaban J connectivity index is 2.59. The van der Waals surface area contributed by atoms with Gasteiger partial charge in [-0.05, 0) is 24.3 Å². The van der Waals surface area contributed by atoms with Crippen LogP contribution in [-0.2, 0) is 15.2 Å². The highest BCUT2D eigenvalue weighted by Crippen LogP contribution is 2.30. The minimum atomic E-state index is -4.51. The number of nitriles is 1. The zero-order valence-electron chi connectivity index (χ0n) is 9.96. The lowest BCUT2D eigenvalue weighted by atomic mass is 10.2. The quantitative estimate of drug-likeness (QED) is 0.791. The van der Waals surface area contributed by atoms with Gasteiger partial charge in [0.25, 0.3) is 9.05 Å². The molecule has 2 rings (SSSR count). The summed E-state index contributed by atoms with van der Waals surface area (Å²) in [5.41, 5.74) is -1.16. The van der Waals surface area contributed by atoms with Crippen molar-refractivity contribution in [3.05, 3.63) is 41.6 Å². The molecular weight excluding hydrogens is 331 g/mol. The lowest BCUT2D eigenvalue weighted by molar-refractivity contribution is -0.137. The van der Waals surface area contributed by atoms with E-state index in [0.717, 1.165) is 35.1 Å². The molecule has 1 aromatic heterocycles. The molecule has 5 nitrogen and oxygen atoms in total. The van der Waals surface area contributed by atoms with Gasteiger partial charge in [-0.1, -0.05) is 0 Å². The van der Waals surface area contributed by atoms with Crippen molar-refractivity contribution in [3.8, 4) is 11.8 Å². The Labute approximate surface area is 121 Å². The van der Waals surface area contributed by atoms with Crippen LogP contribution in [0.5, 0.6) is 0 Å². The molecule has 0 saturated carbocycles. The van der Waals surface area contributed by atoms with Crippen molar-refractivity contribution in [3.63, 3.8) is 0 Å². The smallest absolute Gasteiger partial charge is 0.220 e. The van der Waals surface area contributed by atoms with Crippen LogP contribution >= 0.6 is 10.7 Å². The molecule has 0 aliphatic rings. The molecule has 0 N–H and O–H groups in total. The van der Waals surface area contributed by atoms with Gasteiger partial charge in [0.05, 0.1) is 17.4 Å². The molecule has 0 atom stereocenters. The van der Waals surface area contributed by atoms with Gasteiger partial charge in [-0.3, -0.25) is 0 Å². The molecule has 21 heavy (non-hydrogen) atoms. The van der Waals surface area contributed by atoms with Crippen LogP contribution in [-0.4, -0.2) is 18.2 Å². The fourth-order valence-electron chi connectivity index (χ4n) is 1.62. The summed E-state index contributed by atoms with van der Waals surface area (Å²) in [5.74, 6) is 0. The van der Waals surface area contributed by atoms with Crippen molar-refractivity contribution < 1.29 is 21.6 Å². The molecule has 0 fully saturated rings. The average Bonchev–Trinajstić information content (AvgIpc) is 2.81. The molecular formula is C11H5ClF3N3O2S. The molecule has 2 aromatic rings.